The van der Waals surface area contributed by atoms with Gasteiger partial charge in [0.25, 0.3) is 0 Å². The van der Waals surface area contributed by atoms with Gasteiger partial charge in [-0.25, -0.2) is 0 Å². The molecule has 0 atom stereocenters. The van der Waals surface area contributed by atoms with Crippen LogP contribution in [-0.2, 0) is 9.47 Å². The Bertz CT molecular complexity index is 609. The van der Waals surface area contributed by atoms with Crippen LogP contribution in [-0.4, -0.2) is 0 Å². The number of ether oxygens (including phenoxy) is 2. The number of nitrogen functional groups attached to an aromatic ring is 1. The zero-order valence-corrected chi connectivity index (χ0v) is 10.5. The highest BCUT2D eigenvalue weighted by Gasteiger charge is 2.16. The van der Waals surface area contributed by atoms with Gasteiger partial charge in [0.05, 0.1) is 0 Å². The lowest BCUT2D eigenvalue weighted by Gasteiger charge is -2.19. The van der Waals surface area contributed by atoms with Gasteiger partial charge in [0.1, 0.15) is 12.5 Å². The summed E-state index contributed by atoms with van der Waals surface area (Å²) >= 11 is 0. The fourth-order valence-corrected chi connectivity index (χ4v) is 2.09. The highest BCUT2D eigenvalue weighted by molar-refractivity contribution is 5.64. The van der Waals surface area contributed by atoms with Crippen LogP contribution in [0.5, 0.6) is 0 Å². The standard InChI is InChI=1S/C16H15NO2/c17-14-8-4-7-13(9-14)16-11-18-10-15(19-16)12-5-2-1-3-6-12/h1-2,4-5,7-11H,3,6,17H2. The summed E-state index contributed by atoms with van der Waals surface area (Å²) in [4.78, 5) is 0. The molecule has 3 heteroatoms. The molecule has 1 aliphatic heterocycles. The first-order valence-corrected chi connectivity index (χ1v) is 6.28. The average Bonchev–Trinajstić information content (AvgIpc) is 2.48. The van der Waals surface area contributed by atoms with Crippen molar-refractivity contribution in [2.75, 3.05) is 5.73 Å². The van der Waals surface area contributed by atoms with Crippen LogP contribution in [0.15, 0.2) is 66.3 Å². The third kappa shape index (κ3) is 2.55. The van der Waals surface area contributed by atoms with Crippen LogP contribution < -0.4 is 5.73 Å². The summed E-state index contributed by atoms with van der Waals surface area (Å²) in [5.41, 5.74) is 8.55. The van der Waals surface area contributed by atoms with Crippen molar-refractivity contribution < 1.29 is 9.47 Å². The number of hydrogen-bond acceptors (Lipinski definition) is 3. The molecule has 1 aromatic rings. The van der Waals surface area contributed by atoms with Gasteiger partial charge in [-0.3, -0.25) is 0 Å². The Morgan fingerprint density at radius 3 is 2.79 bits per heavy atom. The molecule has 0 saturated carbocycles. The minimum absolute atomic E-state index is 0.681. The Hall–Kier alpha value is -2.42. The summed E-state index contributed by atoms with van der Waals surface area (Å²) in [7, 11) is 0. The average molecular weight is 253 g/mol. The second-order valence-electron chi connectivity index (χ2n) is 4.49. The van der Waals surface area contributed by atoms with E-state index in [4.69, 9.17) is 15.2 Å². The van der Waals surface area contributed by atoms with E-state index in [0.717, 1.165) is 29.7 Å². The van der Waals surface area contributed by atoms with Crippen LogP contribution in [0.25, 0.3) is 5.76 Å². The first kappa shape index (κ1) is 11.7. The first-order chi connectivity index (χ1) is 9.33. The predicted octanol–water partition coefficient (Wildman–Crippen LogP) is 3.73. The summed E-state index contributed by atoms with van der Waals surface area (Å²) in [5, 5.41) is 0. The molecule has 0 bridgehead atoms. The third-order valence-electron chi connectivity index (χ3n) is 3.07. The van der Waals surface area contributed by atoms with E-state index < -0.39 is 0 Å². The Kier molecular flexibility index (Phi) is 3.11. The molecular formula is C16H15NO2. The Labute approximate surface area is 112 Å². The van der Waals surface area contributed by atoms with Crippen molar-refractivity contribution in [3.05, 3.63) is 71.9 Å². The van der Waals surface area contributed by atoms with Gasteiger partial charge in [0, 0.05) is 11.3 Å². The lowest BCUT2D eigenvalue weighted by atomic mass is 10.0. The molecule has 0 aromatic heterocycles. The molecule has 0 saturated heterocycles. The number of allylic oxidation sites excluding steroid dienone is 4. The van der Waals surface area contributed by atoms with Gasteiger partial charge in [-0.15, -0.1) is 0 Å². The normalized spacial score (nSPS) is 17.8. The maximum absolute atomic E-state index is 5.91. The predicted molar refractivity (Wildman–Crippen MR) is 75.5 cm³/mol. The summed E-state index contributed by atoms with van der Waals surface area (Å²) < 4.78 is 11.3. The molecule has 0 fully saturated rings. The number of nitrogens with two attached hydrogens (primary N) is 1. The monoisotopic (exact) mass is 253 g/mol. The van der Waals surface area contributed by atoms with E-state index in [1.807, 2.05) is 30.3 Å². The maximum atomic E-state index is 5.91. The first-order valence-electron chi connectivity index (χ1n) is 6.28. The van der Waals surface area contributed by atoms with Crippen molar-refractivity contribution >= 4 is 11.4 Å². The van der Waals surface area contributed by atoms with Crippen LogP contribution in [0.3, 0.4) is 0 Å². The molecule has 19 heavy (non-hydrogen) atoms. The number of rotatable bonds is 2. The molecule has 0 spiro atoms. The Morgan fingerprint density at radius 2 is 2.00 bits per heavy atom. The van der Waals surface area contributed by atoms with E-state index >= 15 is 0 Å². The van der Waals surface area contributed by atoms with Crippen molar-refractivity contribution in [3.63, 3.8) is 0 Å². The van der Waals surface area contributed by atoms with Crippen molar-refractivity contribution in [2.45, 2.75) is 12.8 Å². The van der Waals surface area contributed by atoms with Crippen LogP contribution in [0.2, 0.25) is 0 Å². The van der Waals surface area contributed by atoms with Crippen LogP contribution in [0.1, 0.15) is 18.4 Å². The molecule has 2 aliphatic rings. The zero-order chi connectivity index (χ0) is 13.1. The van der Waals surface area contributed by atoms with Gasteiger partial charge in [0.2, 0.25) is 0 Å². The lowest BCUT2D eigenvalue weighted by molar-refractivity contribution is 0.285. The van der Waals surface area contributed by atoms with Crippen molar-refractivity contribution in [2.24, 2.45) is 0 Å². The maximum Gasteiger partial charge on any atom is 0.169 e. The van der Waals surface area contributed by atoms with E-state index in [-0.39, 0.29) is 0 Å². The summed E-state index contributed by atoms with van der Waals surface area (Å²) in [6.45, 7) is 0. The van der Waals surface area contributed by atoms with Crippen molar-refractivity contribution in [1.29, 1.82) is 0 Å². The third-order valence-corrected chi connectivity index (χ3v) is 3.07. The van der Waals surface area contributed by atoms with Gasteiger partial charge in [0.15, 0.2) is 11.5 Å². The van der Waals surface area contributed by atoms with Gasteiger partial charge in [-0.2, -0.15) is 0 Å². The van der Waals surface area contributed by atoms with E-state index in [9.17, 15) is 0 Å². The second-order valence-corrected chi connectivity index (χ2v) is 4.49. The zero-order valence-electron chi connectivity index (χ0n) is 10.5. The van der Waals surface area contributed by atoms with Crippen LogP contribution >= 0.6 is 0 Å². The number of benzene rings is 1. The molecule has 96 valence electrons. The molecule has 0 radical (unpaired) electrons. The lowest BCUT2D eigenvalue weighted by Crippen LogP contribution is -2.03. The van der Waals surface area contributed by atoms with Gasteiger partial charge < -0.3 is 15.2 Å². The van der Waals surface area contributed by atoms with Crippen molar-refractivity contribution in [3.8, 4) is 0 Å². The number of anilines is 1. The van der Waals surface area contributed by atoms with Gasteiger partial charge in [-0.05, 0) is 30.5 Å². The minimum Gasteiger partial charge on any atom is -0.465 e. The Balaban J connectivity index is 1.82. The fraction of sp³-hybridized carbons (Fsp3) is 0.125. The Morgan fingerprint density at radius 1 is 1.11 bits per heavy atom. The molecule has 2 N–H and O–H groups in total. The highest BCUT2D eigenvalue weighted by atomic mass is 16.5. The van der Waals surface area contributed by atoms with E-state index in [1.54, 1.807) is 12.5 Å². The molecule has 1 heterocycles. The van der Waals surface area contributed by atoms with Crippen molar-refractivity contribution in [1.82, 2.24) is 0 Å². The molecular weight excluding hydrogens is 238 g/mol. The smallest absolute Gasteiger partial charge is 0.169 e. The van der Waals surface area contributed by atoms with E-state index in [0.29, 0.717) is 11.4 Å². The molecule has 3 nitrogen and oxygen atoms in total. The summed E-state index contributed by atoms with van der Waals surface area (Å²) in [5.74, 6) is 1.45. The topological polar surface area (TPSA) is 44.5 Å². The largest absolute Gasteiger partial charge is 0.465 e. The fourth-order valence-electron chi connectivity index (χ4n) is 2.09. The second kappa shape index (κ2) is 5.06. The molecule has 1 aliphatic carbocycles. The molecule has 0 amide bonds. The summed E-state index contributed by atoms with van der Waals surface area (Å²) in [6, 6.07) is 7.56. The number of hydrogen-bond donors (Lipinski definition) is 1. The summed E-state index contributed by atoms with van der Waals surface area (Å²) in [6.07, 6.45) is 11.5. The molecule has 0 unspecified atom stereocenters. The van der Waals surface area contributed by atoms with Crippen LogP contribution in [0, 0.1) is 0 Å². The minimum atomic E-state index is 0.681. The SMILES string of the molecule is Nc1cccc(C2=COC=C(C3=CC=CCC3)O2)c1. The van der Waals surface area contributed by atoms with Gasteiger partial charge in [-0.1, -0.05) is 30.4 Å². The molecule has 1 aromatic carbocycles. The van der Waals surface area contributed by atoms with E-state index in [2.05, 4.69) is 12.2 Å². The quantitative estimate of drug-likeness (QED) is 0.817. The molecule has 3 rings (SSSR count). The highest BCUT2D eigenvalue weighted by Crippen LogP contribution is 2.30. The van der Waals surface area contributed by atoms with Gasteiger partial charge >= 0.3 is 0 Å². The van der Waals surface area contributed by atoms with Crippen LogP contribution in [0.4, 0.5) is 5.69 Å². The van der Waals surface area contributed by atoms with E-state index in [1.165, 1.54) is 0 Å².